The summed E-state index contributed by atoms with van der Waals surface area (Å²) in [5, 5.41) is 2.87. The summed E-state index contributed by atoms with van der Waals surface area (Å²) in [7, 11) is 0. The van der Waals surface area contributed by atoms with E-state index in [0.717, 1.165) is 0 Å². The topological polar surface area (TPSA) is 124 Å². The fourth-order valence-electron chi connectivity index (χ4n) is 4.53. The van der Waals surface area contributed by atoms with E-state index in [2.05, 4.69) is 5.32 Å². The van der Waals surface area contributed by atoms with Crippen molar-refractivity contribution in [2.24, 2.45) is 5.41 Å². The first kappa shape index (κ1) is 26.7. The van der Waals surface area contributed by atoms with Crippen LogP contribution < -0.4 is 10.7 Å². The first-order valence-electron chi connectivity index (χ1n) is 12.0. The zero-order valence-electron chi connectivity index (χ0n) is 21.6. The third-order valence-electron chi connectivity index (χ3n) is 6.60. The van der Waals surface area contributed by atoms with Gasteiger partial charge < -0.3 is 24.3 Å². The Kier molecular flexibility index (Phi) is 6.87. The summed E-state index contributed by atoms with van der Waals surface area (Å²) >= 11 is 1.40. The number of amides is 2. The predicted octanol–water partition coefficient (Wildman–Crippen LogP) is 2.20. The number of fused-ring (bicyclic) bond motifs is 2. The number of para-hydroxylation sites is 1. The van der Waals surface area contributed by atoms with Gasteiger partial charge in [0.1, 0.15) is 23.5 Å². The molecule has 1 aromatic carbocycles. The van der Waals surface area contributed by atoms with Crippen LogP contribution in [0, 0.1) is 5.41 Å². The van der Waals surface area contributed by atoms with Gasteiger partial charge in [0.25, 0.3) is 0 Å². The van der Waals surface area contributed by atoms with Crippen LogP contribution in [-0.4, -0.2) is 62.2 Å². The summed E-state index contributed by atoms with van der Waals surface area (Å²) in [6.45, 7) is 9.86. The Balaban J connectivity index is 1.43. The number of aromatic nitrogens is 1. The lowest BCUT2D eigenvalue weighted by molar-refractivity contribution is -0.180. The standard InChI is InChI=1S/C26H31N3O7S/c1-14(28-12-11-17(30)15-9-7-8-10-16(15)28)20(31)27-18-21(32)29-19(26(5,6)37-22(18)29)23(33)35-13-36-24(34)25(2,3)4/h7-12,14,18-19,22H,13H2,1-6H3,(H,27,31)/t14?,18?,19-,22+/m0/s1. The van der Waals surface area contributed by atoms with Crippen LogP contribution in [0.4, 0.5) is 0 Å². The average Bonchev–Trinajstić information content (AvgIpc) is 3.09. The molecule has 2 saturated heterocycles. The van der Waals surface area contributed by atoms with Crippen LogP contribution in [0.25, 0.3) is 10.9 Å². The van der Waals surface area contributed by atoms with E-state index in [9.17, 15) is 24.0 Å². The highest BCUT2D eigenvalue weighted by atomic mass is 32.2. The van der Waals surface area contributed by atoms with Crippen molar-refractivity contribution >= 4 is 46.4 Å². The lowest BCUT2D eigenvalue weighted by Crippen LogP contribution is -2.71. The number of hydrogen-bond acceptors (Lipinski definition) is 8. The molecule has 4 atom stereocenters. The molecule has 0 radical (unpaired) electrons. The molecule has 10 nitrogen and oxygen atoms in total. The number of carbonyl (C=O) groups excluding carboxylic acids is 4. The highest BCUT2D eigenvalue weighted by Gasteiger charge is 2.64. The zero-order chi connectivity index (χ0) is 27.3. The highest BCUT2D eigenvalue weighted by Crippen LogP contribution is 2.51. The van der Waals surface area contributed by atoms with Gasteiger partial charge in [-0.15, -0.1) is 11.8 Å². The maximum atomic E-state index is 13.1. The number of nitrogens with one attached hydrogen (secondary N) is 1. The Bertz CT molecular complexity index is 1330. The quantitative estimate of drug-likeness (QED) is 0.343. The molecule has 1 aromatic heterocycles. The number of pyridine rings is 1. The molecule has 2 unspecified atom stereocenters. The van der Waals surface area contributed by atoms with Crippen LogP contribution in [0.3, 0.4) is 0 Å². The van der Waals surface area contributed by atoms with E-state index >= 15 is 0 Å². The average molecular weight is 530 g/mol. The van der Waals surface area contributed by atoms with Gasteiger partial charge in [0.2, 0.25) is 18.6 Å². The number of esters is 2. The molecule has 0 saturated carbocycles. The van der Waals surface area contributed by atoms with Crippen LogP contribution in [0.1, 0.15) is 47.6 Å². The van der Waals surface area contributed by atoms with Crippen LogP contribution >= 0.6 is 11.8 Å². The third kappa shape index (κ3) is 4.84. The van der Waals surface area contributed by atoms with Gasteiger partial charge in [0, 0.05) is 22.4 Å². The SMILES string of the molecule is CC(C(=O)NC1C(=O)N2[C@@H]1SC(C)(C)[C@@H]2C(=O)OCOC(=O)C(C)(C)C)n1ccc(=O)c2ccccc21. The minimum absolute atomic E-state index is 0.139. The smallest absolute Gasteiger partial charge is 0.333 e. The molecule has 0 bridgehead atoms. The number of thioether (sulfide) groups is 1. The molecular formula is C26H31N3O7S. The van der Waals surface area contributed by atoms with Gasteiger partial charge in [-0.05, 0) is 53.7 Å². The second-order valence-corrected chi connectivity index (χ2v) is 12.6. The number of ether oxygens (including phenoxy) is 2. The van der Waals surface area contributed by atoms with Crippen molar-refractivity contribution in [1.82, 2.24) is 14.8 Å². The number of hydrogen-bond donors (Lipinski definition) is 1. The number of carbonyl (C=O) groups is 4. The maximum absolute atomic E-state index is 13.1. The Labute approximate surface area is 218 Å². The Morgan fingerprint density at radius 3 is 2.46 bits per heavy atom. The highest BCUT2D eigenvalue weighted by molar-refractivity contribution is 8.01. The van der Waals surface area contributed by atoms with Crippen molar-refractivity contribution < 1.29 is 28.7 Å². The molecule has 0 spiro atoms. The van der Waals surface area contributed by atoms with Gasteiger partial charge in [-0.3, -0.25) is 19.2 Å². The van der Waals surface area contributed by atoms with Gasteiger partial charge in [-0.1, -0.05) is 12.1 Å². The van der Waals surface area contributed by atoms with E-state index in [1.807, 2.05) is 13.8 Å². The molecule has 37 heavy (non-hydrogen) atoms. The van der Waals surface area contributed by atoms with Gasteiger partial charge in [-0.25, -0.2) is 4.79 Å². The molecule has 1 N–H and O–H groups in total. The first-order chi connectivity index (χ1) is 17.2. The molecule has 0 aliphatic carbocycles. The molecule has 3 heterocycles. The number of nitrogens with zero attached hydrogens (tertiary/aromatic N) is 2. The third-order valence-corrected chi connectivity index (χ3v) is 8.17. The summed E-state index contributed by atoms with van der Waals surface area (Å²) in [6.07, 6.45) is 1.57. The second-order valence-electron chi connectivity index (χ2n) is 10.8. The Hall–Kier alpha value is -3.34. The van der Waals surface area contributed by atoms with Gasteiger partial charge in [0.15, 0.2) is 5.43 Å². The van der Waals surface area contributed by atoms with Crippen molar-refractivity contribution in [3.8, 4) is 0 Å². The Morgan fingerprint density at radius 2 is 1.78 bits per heavy atom. The largest absolute Gasteiger partial charge is 0.427 e. The van der Waals surface area contributed by atoms with E-state index < -0.39 is 52.4 Å². The molecule has 2 aliphatic rings. The number of β-lactam (4-membered cyclic amide) rings is 1. The summed E-state index contributed by atoms with van der Waals surface area (Å²) in [5.41, 5.74) is -0.261. The lowest BCUT2D eigenvalue weighted by atomic mass is 9.96. The van der Waals surface area contributed by atoms with Gasteiger partial charge >= 0.3 is 11.9 Å². The summed E-state index contributed by atoms with van der Waals surface area (Å²) in [5.74, 6) is -1.95. The van der Waals surface area contributed by atoms with Crippen molar-refractivity contribution in [2.45, 2.75) is 69.8 Å². The van der Waals surface area contributed by atoms with E-state index in [1.54, 1.807) is 62.7 Å². The lowest BCUT2D eigenvalue weighted by Gasteiger charge is -2.44. The van der Waals surface area contributed by atoms with Gasteiger partial charge in [0.05, 0.1) is 10.9 Å². The molecule has 2 fully saturated rings. The Morgan fingerprint density at radius 1 is 1.11 bits per heavy atom. The molecule has 198 valence electrons. The minimum Gasteiger partial charge on any atom is -0.427 e. The van der Waals surface area contributed by atoms with Crippen molar-refractivity contribution in [2.75, 3.05) is 6.79 Å². The van der Waals surface area contributed by atoms with Crippen molar-refractivity contribution in [3.63, 3.8) is 0 Å². The molecular weight excluding hydrogens is 498 g/mol. The van der Waals surface area contributed by atoms with Crippen molar-refractivity contribution in [1.29, 1.82) is 0 Å². The van der Waals surface area contributed by atoms with E-state index in [1.165, 1.54) is 22.7 Å². The fraction of sp³-hybridized carbons (Fsp3) is 0.500. The van der Waals surface area contributed by atoms with Crippen LogP contribution in [0.2, 0.25) is 0 Å². The molecule has 2 aliphatic heterocycles. The number of benzene rings is 1. The molecule has 2 aromatic rings. The molecule has 11 heteroatoms. The number of rotatable bonds is 6. The normalized spacial score (nSPS) is 23.1. The fourth-order valence-corrected chi connectivity index (χ4v) is 6.15. The van der Waals surface area contributed by atoms with Gasteiger partial charge in [-0.2, -0.15) is 0 Å². The van der Waals surface area contributed by atoms with Crippen molar-refractivity contribution in [3.05, 3.63) is 46.8 Å². The monoisotopic (exact) mass is 529 g/mol. The predicted molar refractivity (Wildman–Crippen MR) is 137 cm³/mol. The zero-order valence-corrected chi connectivity index (χ0v) is 22.5. The van der Waals surface area contributed by atoms with Crippen LogP contribution in [0.15, 0.2) is 41.3 Å². The molecule has 4 rings (SSSR count). The summed E-state index contributed by atoms with van der Waals surface area (Å²) in [6, 6.07) is 6.04. The molecule has 2 amide bonds. The maximum Gasteiger partial charge on any atom is 0.333 e. The van der Waals surface area contributed by atoms with E-state index in [4.69, 9.17) is 9.47 Å². The van der Waals surface area contributed by atoms with Crippen LogP contribution in [-0.2, 0) is 28.7 Å². The summed E-state index contributed by atoms with van der Waals surface area (Å²) in [4.78, 5) is 64.6. The first-order valence-corrected chi connectivity index (χ1v) is 12.9. The minimum atomic E-state index is -0.892. The second kappa shape index (κ2) is 9.51. The van der Waals surface area contributed by atoms with E-state index in [0.29, 0.717) is 10.9 Å². The van der Waals surface area contributed by atoms with E-state index in [-0.39, 0.29) is 17.2 Å². The summed E-state index contributed by atoms with van der Waals surface area (Å²) < 4.78 is 11.2. The van der Waals surface area contributed by atoms with Crippen LogP contribution in [0.5, 0.6) is 0 Å².